The van der Waals surface area contributed by atoms with Gasteiger partial charge < -0.3 is 19.1 Å². The van der Waals surface area contributed by atoms with Crippen LogP contribution < -0.4 is 0 Å². The number of hydrogen-bond acceptors (Lipinski definition) is 7. The molecule has 7 nitrogen and oxygen atoms in total. The number of hydrogen-bond donors (Lipinski definition) is 1. The van der Waals surface area contributed by atoms with Gasteiger partial charge in [-0.15, -0.1) is 0 Å². The molecule has 1 aromatic heterocycles. The summed E-state index contributed by atoms with van der Waals surface area (Å²) in [5.41, 5.74) is 0. The molecule has 2 aliphatic heterocycles. The summed E-state index contributed by atoms with van der Waals surface area (Å²) in [5, 5.41) is 14.4. The molecule has 136 valence electrons. The molecule has 7 heteroatoms. The minimum atomic E-state index is -0.511. The summed E-state index contributed by atoms with van der Waals surface area (Å²) in [7, 11) is 0. The molecule has 1 aromatic rings. The van der Waals surface area contributed by atoms with Gasteiger partial charge in [-0.05, 0) is 32.2 Å². The fourth-order valence-electron chi connectivity index (χ4n) is 3.39. The van der Waals surface area contributed by atoms with Gasteiger partial charge in [0.15, 0.2) is 5.82 Å². The SMILES string of the molecule is CC(C)c1nc([C@@H]2CCCN2C[C@H](O)COC[C@H]2CCCO2)no1. The van der Waals surface area contributed by atoms with E-state index in [0.29, 0.717) is 25.6 Å². The van der Waals surface area contributed by atoms with E-state index in [1.165, 1.54) is 0 Å². The average molecular weight is 339 g/mol. The van der Waals surface area contributed by atoms with Gasteiger partial charge in [0.1, 0.15) is 0 Å². The largest absolute Gasteiger partial charge is 0.389 e. The molecule has 24 heavy (non-hydrogen) atoms. The molecule has 0 radical (unpaired) electrons. The first kappa shape index (κ1) is 17.8. The fraction of sp³-hybridized carbons (Fsp3) is 0.882. The highest BCUT2D eigenvalue weighted by Gasteiger charge is 2.31. The Kier molecular flexibility index (Phi) is 6.21. The predicted octanol–water partition coefficient (Wildman–Crippen LogP) is 1.89. The molecule has 2 aliphatic rings. The summed E-state index contributed by atoms with van der Waals surface area (Å²) in [4.78, 5) is 6.75. The third-order valence-corrected chi connectivity index (χ3v) is 4.70. The van der Waals surface area contributed by atoms with E-state index < -0.39 is 6.10 Å². The molecule has 2 fully saturated rings. The van der Waals surface area contributed by atoms with Crippen LogP contribution in [0.3, 0.4) is 0 Å². The van der Waals surface area contributed by atoms with Crippen molar-refractivity contribution in [2.75, 3.05) is 32.9 Å². The molecule has 0 spiro atoms. The van der Waals surface area contributed by atoms with Crippen LogP contribution in [0.4, 0.5) is 0 Å². The second kappa shape index (κ2) is 8.38. The Bertz CT molecular complexity index is 502. The van der Waals surface area contributed by atoms with Crippen LogP contribution in [0.2, 0.25) is 0 Å². The Morgan fingerprint density at radius 3 is 2.92 bits per heavy atom. The van der Waals surface area contributed by atoms with Crippen molar-refractivity contribution >= 4 is 0 Å². The highest BCUT2D eigenvalue weighted by Crippen LogP contribution is 2.30. The van der Waals surface area contributed by atoms with Gasteiger partial charge in [-0.25, -0.2) is 0 Å². The highest BCUT2D eigenvalue weighted by molar-refractivity contribution is 5.00. The Morgan fingerprint density at radius 2 is 2.21 bits per heavy atom. The van der Waals surface area contributed by atoms with E-state index >= 15 is 0 Å². The molecule has 0 saturated carbocycles. The summed E-state index contributed by atoms with van der Waals surface area (Å²) in [6, 6.07) is 0.133. The van der Waals surface area contributed by atoms with Gasteiger partial charge in [0, 0.05) is 19.1 Å². The fourth-order valence-corrected chi connectivity index (χ4v) is 3.39. The molecule has 0 amide bonds. The van der Waals surface area contributed by atoms with Gasteiger partial charge >= 0.3 is 0 Å². The molecule has 0 aromatic carbocycles. The lowest BCUT2D eigenvalue weighted by atomic mass is 10.2. The lowest BCUT2D eigenvalue weighted by molar-refractivity contribution is -0.0264. The molecule has 3 rings (SSSR count). The van der Waals surface area contributed by atoms with Crippen molar-refractivity contribution in [1.82, 2.24) is 15.0 Å². The van der Waals surface area contributed by atoms with E-state index in [4.69, 9.17) is 14.0 Å². The number of rotatable bonds is 8. The van der Waals surface area contributed by atoms with Crippen LogP contribution in [0.15, 0.2) is 4.52 Å². The van der Waals surface area contributed by atoms with Crippen LogP contribution in [0.1, 0.15) is 63.2 Å². The molecule has 3 heterocycles. The quantitative estimate of drug-likeness (QED) is 0.774. The highest BCUT2D eigenvalue weighted by atomic mass is 16.5. The van der Waals surface area contributed by atoms with E-state index in [0.717, 1.165) is 44.7 Å². The van der Waals surface area contributed by atoms with Gasteiger partial charge in [0.25, 0.3) is 0 Å². The minimum Gasteiger partial charge on any atom is -0.389 e. The van der Waals surface area contributed by atoms with Gasteiger partial charge in [-0.2, -0.15) is 4.98 Å². The molecule has 0 unspecified atom stereocenters. The average Bonchev–Trinajstić information content (AvgIpc) is 3.28. The predicted molar refractivity (Wildman–Crippen MR) is 87.7 cm³/mol. The normalized spacial score (nSPS) is 26.5. The molecular formula is C17H29N3O4. The maximum Gasteiger partial charge on any atom is 0.229 e. The third kappa shape index (κ3) is 4.53. The van der Waals surface area contributed by atoms with Crippen LogP contribution in [-0.4, -0.2) is 65.3 Å². The van der Waals surface area contributed by atoms with Crippen molar-refractivity contribution in [3.05, 3.63) is 11.7 Å². The van der Waals surface area contributed by atoms with Crippen LogP contribution >= 0.6 is 0 Å². The van der Waals surface area contributed by atoms with E-state index in [9.17, 15) is 5.11 Å². The van der Waals surface area contributed by atoms with E-state index in [2.05, 4.69) is 15.0 Å². The van der Waals surface area contributed by atoms with Crippen molar-refractivity contribution in [1.29, 1.82) is 0 Å². The molecule has 3 atom stereocenters. The second-order valence-corrected chi connectivity index (χ2v) is 7.12. The minimum absolute atomic E-state index is 0.133. The molecule has 0 bridgehead atoms. The lowest BCUT2D eigenvalue weighted by Gasteiger charge is -2.24. The topological polar surface area (TPSA) is 80.9 Å². The zero-order chi connectivity index (χ0) is 16.9. The zero-order valence-corrected chi connectivity index (χ0v) is 14.7. The van der Waals surface area contributed by atoms with Gasteiger partial charge in [-0.3, -0.25) is 4.90 Å². The third-order valence-electron chi connectivity index (χ3n) is 4.70. The lowest BCUT2D eigenvalue weighted by Crippen LogP contribution is -2.35. The van der Waals surface area contributed by atoms with Gasteiger partial charge in [0.05, 0.1) is 31.5 Å². The van der Waals surface area contributed by atoms with Crippen LogP contribution in [0.25, 0.3) is 0 Å². The number of nitrogens with zero attached hydrogens (tertiary/aromatic N) is 3. The summed E-state index contributed by atoms with van der Waals surface area (Å²) < 4.78 is 16.5. The van der Waals surface area contributed by atoms with Crippen LogP contribution in [0.5, 0.6) is 0 Å². The maximum absolute atomic E-state index is 10.3. The van der Waals surface area contributed by atoms with E-state index in [1.54, 1.807) is 0 Å². The Hall–Kier alpha value is -1.02. The first-order chi connectivity index (χ1) is 11.6. The van der Waals surface area contributed by atoms with Crippen molar-refractivity contribution in [3.8, 4) is 0 Å². The van der Waals surface area contributed by atoms with E-state index in [1.807, 2.05) is 13.8 Å². The molecule has 0 aliphatic carbocycles. The molecule has 1 N–H and O–H groups in total. The number of aliphatic hydroxyl groups excluding tert-OH is 1. The van der Waals surface area contributed by atoms with Crippen molar-refractivity contribution < 1.29 is 19.1 Å². The summed E-state index contributed by atoms with van der Waals surface area (Å²) in [6.45, 7) is 7.34. The van der Waals surface area contributed by atoms with Gasteiger partial charge in [-0.1, -0.05) is 19.0 Å². The van der Waals surface area contributed by atoms with E-state index in [-0.39, 0.29) is 18.1 Å². The summed E-state index contributed by atoms with van der Waals surface area (Å²) in [6.07, 6.45) is 3.93. The second-order valence-electron chi connectivity index (χ2n) is 7.12. The number of likely N-dealkylation sites (tertiary alicyclic amines) is 1. The Labute approximate surface area is 143 Å². The number of ether oxygens (including phenoxy) is 2. The van der Waals surface area contributed by atoms with Crippen molar-refractivity contribution in [2.45, 2.75) is 63.7 Å². The first-order valence-electron chi connectivity index (χ1n) is 9.08. The van der Waals surface area contributed by atoms with Crippen molar-refractivity contribution in [2.24, 2.45) is 0 Å². The zero-order valence-electron chi connectivity index (χ0n) is 14.7. The van der Waals surface area contributed by atoms with Gasteiger partial charge in [0.2, 0.25) is 5.89 Å². The summed E-state index contributed by atoms with van der Waals surface area (Å²) in [5.74, 6) is 1.65. The molecule has 2 saturated heterocycles. The molecular weight excluding hydrogens is 310 g/mol. The standard InChI is InChI=1S/C17H29N3O4/c1-12(2)17-18-16(19-24-17)15-6-3-7-20(15)9-13(21)10-22-11-14-5-4-8-23-14/h12-15,21H,3-11H2,1-2H3/t13-,14+,15-/m0/s1. The van der Waals surface area contributed by atoms with Crippen molar-refractivity contribution in [3.63, 3.8) is 0 Å². The monoisotopic (exact) mass is 339 g/mol. The summed E-state index contributed by atoms with van der Waals surface area (Å²) >= 11 is 0. The number of β-amino-alcohol motifs (C(OH)–C–C–N with tert-alkyl or cyclic N) is 1. The Morgan fingerprint density at radius 1 is 1.33 bits per heavy atom. The number of aliphatic hydroxyl groups is 1. The van der Waals surface area contributed by atoms with Crippen LogP contribution in [0, 0.1) is 0 Å². The number of aromatic nitrogens is 2. The smallest absolute Gasteiger partial charge is 0.229 e. The first-order valence-corrected chi connectivity index (χ1v) is 9.08. The van der Waals surface area contributed by atoms with Crippen LogP contribution in [-0.2, 0) is 9.47 Å². The maximum atomic E-state index is 10.3. The Balaban J connectivity index is 1.45.